The van der Waals surface area contributed by atoms with E-state index in [1.165, 1.54) is 6.07 Å². The third-order valence-corrected chi connectivity index (χ3v) is 1.97. The lowest BCUT2D eigenvalue weighted by Gasteiger charge is -2.06. The van der Waals surface area contributed by atoms with Crippen molar-refractivity contribution in [2.24, 2.45) is 0 Å². The first-order valence-corrected chi connectivity index (χ1v) is 4.88. The topological polar surface area (TPSA) is 99.9 Å². The van der Waals surface area contributed by atoms with Gasteiger partial charge in [0.25, 0.3) is 0 Å². The maximum atomic E-state index is 13.2. The fourth-order valence-corrected chi connectivity index (χ4v) is 1.26. The predicted molar refractivity (Wildman–Crippen MR) is 59.3 cm³/mol. The van der Waals surface area contributed by atoms with Crippen LogP contribution in [0, 0.1) is 11.6 Å². The van der Waals surface area contributed by atoms with Crippen LogP contribution in [0.5, 0.6) is 5.75 Å². The standard InChI is InChI=1S/C10H9F2N5O/c11-5-1-2-7(6(12)3-5)18-4-8-15-9(13)17-10(14)16-8/h1-3H,4H2,(H4,13,14,15,16,17). The van der Waals surface area contributed by atoms with Gasteiger partial charge >= 0.3 is 0 Å². The fourth-order valence-electron chi connectivity index (χ4n) is 1.26. The lowest BCUT2D eigenvalue weighted by Crippen LogP contribution is -2.09. The van der Waals surface area contributed by atoms with Gasteiger partial charge in [-0.2, -0.15) is 15.0 Å². The quantitative estimate of drug-likeness (QED) is 0.842. The van der Waals surface area contributed by atoms with Gasteiger partial charge in [-0.3, -0.25) is 0 Å². The zero-order chi connectivity index (χ0) is 13.1. The lowest BCUT2D eigenvalue weighted by molar-refractivity contribution is 0.280. The van der Waals surface area contributed by atoms with Gasteiger partial charge in [-0.1, -0.05) is 0 Å². The van der Waals surface area contributed by atoms with Crippen LogP contribution in [0.4, 0.5) is 20.7 Å². The lowest BCUT2D eigenvalue weighted by atomic mass is 10.3. The molecular weight excluding hydrogens is 244 g/mol. The molecule has 0 spiro atoms. The normalized spacial score (nSPS) is 10.3. The highest BCUT2D eigenvalue weighted by molar-refractivity contribution is 5.27. The molecule has 0 fully saturated rings. The molecule has 1 aromatic carbocycles. The first-order valence-electron chi connectivity index (χ1n) is 4.88. The SMILES string of the molecule is Nc1nc(N)nc(COc2ccc(F)cc2F)n1. The van der Waals surface area contributed by atoms with Gasteiger partial charge in [-0.25, -0.2) is 8.78 Å². The molecule has 0 aliphatic carbocycles. The minimum Gasteiger partial charge on any atom is -0.483 e. The number of hydrogen-bond donors (Lipinski definition) is 2. The van der Waals surface area contributed by atoms with Gasteiger partial charge in [-0.15, -0.1) is 0 Å². The van der Waals surface area contributed by atoms with Crippen molar-refractivity contribution in [2.75, 3.05) is 11.5 Å². The third kappa shape index (κ3) is 2.78. The summed E-state index contributed by atoms with van der Waals surface area (Å²) in [6, 6.07) is 2.96. The van der Waals surface area contributed by atoms with Crippen molar-refractivity contribution < 1.29 is 13.5 Å². The first kappa shape index (κ1) is 12.0. The molecule has 2 aromatic rings. The number of nitrogens with two attached hydrogens (primary N) is 2. The summed E-state index contributed by atoms with van der Waals surface area (Å²) in [5, 5.41) is 0. The molecule has 2 rings (SSSR count). The number of nitrogen functional groups attached to an aromatic ring is 2. The molecule has 18 heavy (non-hydrogen) atoms. The summed E-state index contributed by atoms with van der Waals surface area (Å²) in [4.78, 5) is 11.1. The average Bonchev–Trinajstić information content (AvgIpc) is 2.26. The molecule has 0 bridgehead atoms. The van der Waals surface area contributed by atoms with E-state index in [4.69, 9.17) is 16.2 Å². The van der Waals surface area contributed by atoms with Gasteiger partial charge in [0, 0.05) is 6.07 Å². The van der Waals surface area contributed by atoms with E-state index in [-0.39, 0.29) is 30.1 Å². The van der Waals surface area contributed by atoms with Gasteiger partial charge < -0.3 is 16.2 Å². The van der Waals surface area contributed by atoms with E-state index in [9.17, 15) is 8.78 Å². The molecule has 0 unspecified atom stereocenters. The summed E-state index contributed by atoms with van der Waals surface area (Å²) in [6.45, 7) is -0.153. The number of ether oxygens (including phenoxy) is 1. The van der Waals surface area contributed by atoms with Crippen LogP contribution in [-0.2, 0) is 6.61 Å². The van der Waals surface area contributed by atoms with Crippen LogP contribution >= 0.6 is 0 Å². The molecule has 0 aliphatic rings. The van der Waals surface area contributed by atoms with Crippen molar-refractivity contribution in [1.29, 1.82) is 0 Å². The Morgan fingerprint density at radius 1 is 1.06 bits per heavy atom. The molecule has 8 heteroatoms. The summed E-state index contributed by atoms with van der Waals surface area (Å²) in [6.07, 6.45) is 0. The van der Waals surface area contributed by atoms with E-state index >= 15 is 0 Å². The Morgan fingerprint density at radius 2 is 1.72 bits per heavy atom. The smallest absolute Gasteiger partial charge is 0.225 e. The van der Waals surface area contributed by atoms with Gasteiger partial charge in [0.05, 0.1) is 0 Å². The Morgan fingerprint density at radius 3 is 2.33 bits per heavy atom. The Labute approximate surface area is 101 Å². The van der Waals surface area contributed by atoms with E-state index in [0.29, 0.717) is 6.07 Å². The van der Waals surface area contributed by atoms with Crippen molar-refractivity contribution in [2.45, 2.75) is 6.61 Å². The molecule has 0 saturated heterocycles. The molecular formula is C10H9F2N5O. The third-order valence-electron chi connectivity index (χ3n) is 1.97. The summed E-state index contributed by atoms with van der Waals surface area (Å²) in [7, 11) is 0. The molecule has 0 atom stereocenters. The van der Waals surface area contributed by atoms with Crippen molar-refractivity contribution in [3.05, 3.63) is 35.7 Å². The number of halogens is 2. The van der Waals surface area contributed by atoms with Crippen LogP contribution in [-0.4, -0.2) is 15.0 Å². The maximum absolute atomic E-state index is 13.2. The summed E-state index contributed by atoms with van der Waals surface area (Å²) in [5.41, 5.74) is 10.7. The largest absolute Gasteiger partial charge is 0.483 e. The van der Waals surface area contributed by atoms with Crippen molar-refractivity contribution in [1.82, 2.24) is 15.0 Å². The Bertz CT molecular complexity index is 558. The van der Waals surface area contributed by atoms with E-state index in [1.54, 1.807) is 0 Å². The van der Waals surface area contributed by atoms with Crippen LogP contribution < -0.4 is 16.2 Å². The van der Waals surface area contributed by atoms with Crippen LogP contribution in [0.25, 0.3) is 0 Å². The minimum absolute atomic E-state index is 0.0549. The molecule has 1 heterocycles. The Balaban J connectivity index is 2.11. The highest BCUT2D eigenvalue weighted by Crippen LogP contribution is 2.18. The fraction of sp³-hybridized carbons (Fsp3) is 0.100. The number of rotatable bonds is 3. The van der Waals surface area contributed by atoms with Crippen LogP contribution in [0.2, 0.25) is 0 Å². The zero-order valence-electron chi connectivity index (χ0n) is 9.10. The highest BCUT2D eigenvalue weighted by atomic mass is 19.1. The number of nitrogens with zero attached hydrogens (tertiary/aromatic N) is 3. The molecule has 0 saturated carbocycles. The van der Waals surface area contributed by atoms with E-state index < -0.39 is 11.6 Å². The second-order valence-electron chi connectivity index (χ2n) is 3.33. The minimum atomic E-state index is -0.815. The predicted octanol–water partition coefficient (Wildman–Crippen LogP) is 0.893. The van der Waals surface area contributed by atoms with Gasteiger partial charge in [0.15, 0.2) is 17.4 Å². The molecule has 0 amide bonds. The van der Waals surface area contributed by atoms with Gasteiger partial charge in [-0.05, 0) is 12.1 Å². The zero-order valence-corrected chi connectivity index (χ0v) is 9.10. The van der Waals surface area contributed by atoms with E-state index in [1.807, 2.05) is 0 Å². The van der Waals surface area contributed by atoms with E-state index in [2.05, 4.69) is 15.0 Å². The molecule has 0 aliphatic heterocycles. The average molecular weight is 253 g/mol. The summed E-state index contributed by atoms with van der Waals surface area (Å²) in [5.74, 6) is -1.57. The van der Waals surface area contributed by atoms with Crippen molar-refractivity contribution >= 4 is 11.9 Å². The van der Waals surface area contributed by atoms with E-state index in [0.717, 1.165) is 6.07 Å². The van der Waals surface area contributed by atoms with Crippen LogP contribution in [0.1, 0.15) is 5.82 Å². The molecule has 4 N–H and O–H groups in total. The van der Waals surface area contributed by atoms with Gasteiger partial charge in [0.1, 0.15) is 12.4 Å². The second kappa shape index (κ2) is 4.78. The summed E-state index contributed by atoms with van der Waals surface area (Å²) >= 11 is 0. The number of benzene rings is 1. The summed E-state index contributed by atoms with van der Waals surface area (Å²) < 4.78 is 31.0. The molecule has 1 aromatic heterocycles. The second-order valence-corrected chi connectivity index (χ2v) is 3.33. The number of anilines is 2. The van der Waals surface area contributed by atoms with Gasteiger partial charge in [0.2, 0.25) is 11.9 Å². The number of aromatic nitrogens is 3. The van der Waals surface area contributed by atoms with Crippen LogP contribution in [0.15, 0.2) is 18.2 Å². The molecule has 94 valence electrons. The van der Waals surface area contributed by atoms with Crippen molar-refractivity contribution in [3.63, 3.8) is 0 Å². The Kier molecular flexibility index (Phi) is 3.18. The molecule has 6 nitrogen and oxygen atoms in total. The molecule has 0 radical (unpaired) electrons. The maximum Gasteiger partial charge on any atom is 0.225 e. The highest BCUT2D eigenvalue weighted by Gasteiger charge is 2.07. The Hall–Kier alpha value is -2.51. The monoisotopic (exact) mass is 253 g/mol. The van der Waals surface area contributed by atoms with Crippen LogP contribution in [0.3, 0.4) is 0 Å². The first-order chi connectivity index (χ1) is 8.54. The number of hydrogen-bond acceptors (Lipinski definition) is 6. The van der Waals surface area contributed by atoms with Crippen molar-refractivity contribution in [3.8, 4) is 5.75 Å².